The molecule has 0 saturated carbocycles. The van der Waals surface area contributed by atoms with Gasteiger partial charge in [0.2, 0.25) is 5.91 Å². The Morgan fingerprint density at radius 1 is 1.00 bits per heavy atom. The zero-order chi connectivity index (χ0) is 22.1. The molecule has 0 spiro atoms. The Morgan fingerprint density at radius 3 is 2.42 bits per heavy atom. The molecule has 164 valence electrons. The molecule has 1 heterocycles. The molecule has 0 bridgehead atoms. The third kappa shape index (κ3) is 6.57. The van der Waals surface area contributed by atoms with Gasteiger partial charge >= 0.3 is 5.97 Å². The van der Waals surface area contributed by atoms with Crippen molar-refractivity contribution >= 4 is 17.8 Å². The first kappa shape index (κ1) is 22.3. The Morgan fingerprint density at radius 2 is 1.71 bits per heavy atom. The average Bonchev–Trinajstić information content (AvgIpc) is 3.00. The van der Waals surface area contributed by atoms with E-state index in [0.717, 1.165) is 36.1 Å². The van der Waals surface area contributed by atoms with Crippen LogP contribution < -0.4 is 10.1 Å². The molecule has 3 rings (SSSR count). The molecular weight excluding hydrogens is 396 g/mol. The standard InChI is InChI=1S/C24H28N2O5/c1-30-20-13-11-19(12-14-20)24(18-8-4-2-5-9-18)25-21(27)17-31-23(29)16-26-15-7-3-6-10-22(26)28/h2,4-5,8-9,11-14,24H,3,6-7,10,15-17H2,1H3,(H,25,27)/t24-/m0/s1. The van der Waals surface area contributed by atoms with Crippen molar-refractivity contribution in [3.05, 3.63) is 65.7 Å². The fraction of sp³-hybridized carbons (Fsp3) is 0.375. The number of hydrogen-bond donors (Lipinski definition) is 1. The second kappa shape index (κ2) is 11.2. The number of carbonyl (C=O) groups is 3. The minimum Gasteiger partial charge on any atom is -0.497 e. The lowest BCUT2D eigenvalue weighted by Gasteiger charge is -2.21. The molecule has 0 aliphatic carbocycles. The van der Waals surface area contributed by atoms with Crippen LogP contribution in [0.3, 0.4) is 0 Å². The molecule has 0 unspecified atom stereocenters. The molecule has 1 N–H and O–H groups in total. The number of hydrogen-bond acceptors (Lipinski definition) is 5. The van der Waals surface area contributed by atoms with E-state index in [1.165, 1.54) is 4.90 Å². The van der Waals surface area contributed by atoms with Crippen molar-refractivity contribution in [2.45, 2.75) is 31.7 Å². The Balaban J connectivity index is 1.59. The van der Waals surface area contributed by atoms with Crippen molar-refractivity contribution in [3.8, 4) is 5.75 Å². The molecule has 1 fully saturated rings. The van der Waals surface area contributed by atoms with Crippen molar-refractivity contribution in [2.75, 3.05) is 26.8 Å². The summed E-state index contributed by atoms with van der Waals surface area (Å²) in [5.41, 5.74) is 1.78. The van der Waals surface area contributed by atoms with Gasteiger partial charge in [-0.1, -0.05) is 48.9 Å². The van der Waals surface area contributed by atoms with Crippen molar-refractivity contribution < 1.29 is 23.9 Å². The van der Waals surface area contributed by atoms with Gasteiger partial charge in [0.05, 0.1) is 13.2 Å². The minimum atomic E-state index is -0.578. The topological polar surface area (TPSA) is 84.9 Å². The zero-order valence-electron chi connectivity index (χ0n) is 17.7. The molecule has 0 radical (unpaired) electrons. The monoisotopic (exact) mass is 424 g/mol. The van der Waals surface area contributed by atoms with Crippen molar-refractivity contribution in [1.82, 2.24) is 10.2 Å². The van der Waals surface area contributed by atoms with Crippen molar-refractivity contribution in [1.29, 1.82) is 0 Å². The number of likely N-dealkylation sites (tertiary alicyclic amines) is 1. The van der Waals surface area contributed by atoms with Crippen LogP contribution in [0.1, 0.15) is 42.9 Å². The fourth-order valence-corrected chi connectivity index (χ4v) is 3.56. The lowest BCUT2D eigenvalue weighted by molar-refractivity contribution is -0.152. The van der Waals surface area contributed by atoms with E-state index in [9.17, 15) is 14.4 Å². The van der Waals surface area contributed by atoms with Crippen LogP contribution in [0.2, 0.25) is 0 Å². The number of nitrogens with one attached hydrogen (secondary N) is 1. The molecule has 1 aliphatic heterocycles. The molecule has 2 aromatic carbocycles. The largest absolute Gasteiger partial charge is 0.497 e. The van der Waals surface area contributed by atoms with Gasteiger partial charge in [-0.05, 0) is 36.1 Å². The van der Waals surface area contributed by atoms with Crippen LogP contribution in [-0.4, -0.2) is 49.5 Å². The molecule has 2 amide bonds. The summed E-state index contributed by atoms with van der Waals surface area (Å²) >= 11 is 0. The van der Waals surface area contributed by atoms with Gasteiger partial charge in [-0.25, -0.2) is 0 Å². The highest BCUT2D eigenvalue weighted by Crippen LogP contribution is 2.24. The minimum absolute atomic E-state index is 0.0393. The lowest BCUT2D eigenvalue weighted by Crippen LogP contribution is -2.38. The Bertz CT molecular complexity index is 883. The first-order chi connectivity index (χ1) is 15.1. The van der Waals surface area contributed by atoms with Crippen LogP contribution in [-0.2, 0) is 19.1 Å². The Labute approximate surface area is 182 Å². The fourth-order valence-electron chi connectivity index (χ4n) is 3.56. The molecule has 7 heteroatoms. The predicted octanol–water partition coefficient (Wildman–Crippen LogP) is 2.85. The van der Waals surface area contributed by atoms with Gasteiger partial charge in [0.1, 0.15) is 12.3 Å². The van der Waals surface area contributed by atoms with E-state index >= 15 is 0 Å². The van der Waals surface area contributed by atoms with Gasteiger partial charge < -0.3 is 19.7 Å². The maximum atomic E-state index is 12.5. The number of esters is 1. The van der Waals surface area contributed by atoms with E-state index in [2.05, 4.69) is 5.32 Å². The first-order valence-corrected chi connectivity index (χ1v) is 10.5. The van der Waals surface area contributed by atoms with Crippen LogP contribution in [0.15, 0.2) is 54.6 Å². The second-order valence-corrected chi connectivity index (χ2v) is 7.47. The first-order valence-electron chi connectivity index (χ1n) is 10.5. The molecule has 31 heavy (non-hydrogen) atoms. The smallest absolute Gasteiger partial charge is 0.326 e. The number of nitrogens with zero attached hydrogens (tertiary/aromatic N) is 1. The number of benzene rings is 2. The van der Waals surface area contributed by atoms with Crippen LogP contribution in [0.25, 0.3) is 0 Å². The van der Waals surface area contributed by atoms with Crippen molar-refractivity contribution in [2.24, 2.45) is 0 Å². The number of rotatable bonds is 8. The summed E-state index contributed by atoms with van der Waals surface area (Å²) in [6.07, 6.45) is 3.15. The van der Waals surface area contributed by atoms with Gasteiger partial charge in [0.15, 0.2) is 6.61 Å². The number of ether oxygens (including phenoxy) is 2. The third-order valence-electron chi connectivity index (χ3n) is 5.24. The molecule has 1 aliphatic rings. The van der Waals surface area contributed by atoms with Crippen LogP contribution in [0, 0.1) is 0 Å². The van der Waals surface area contributed by atoms with Crippen LogP contribution >= 0.6 is 0 Å². The molecule has 0 aromatic heterocycles. The highest BCUT2D eigenvalue weighted by atomic mass is 16.5. The molecular formula is C24H28N2O5. The summed E-state index contributed by atoms with van der Waals surface area (Å²) < 4.78 is 10.3. The van der Waals surface area contributed by atoms with E-state index < -0.39 is 24.5 Å². The van der Waals surface area contributed by atoms with E-state index in [-0.39, 0.29) is 12.5 Å². The molecule has 1 saturated heterocycles. The van der Waals surface area contributed by atoms with Gasteiger partial charge in [0, 0.05) is 13.0 Å². The maximum absolute atomic E-state index is 12.5. The van der Waals surface area contributed by atoms with E-state index in [1.54, 1.807) is 7.11 Å². The third-order valence-corrected chi connectivity index (χ3v) is 5.24. The molecule has 7 nitrogen and oxygen atoms in total. The Hall–Kier alpha value is -3.35. The number of methoxy groups -OCH3 is 1. The van der Waals surface area contributed by atoms with Gasteiger partial charge in [-0.2, -0.15) is 0 Å². The zero-order valence-corrected chi connectivity index (χ0v) is 17.7. The van der Waals surface area contributed by atoms with Crippen molar-refractivity contribution in [3.63, 3.8) is 0 Å². The van der Waals surface area contributed by atoms with Gasteiger partial charge in [-0.15, -0.1) is 0 Å². The summed E-state index contributed by atoms with van der Waals surface area (Å²) in [7, 11) is 1.60. The summed E-state index contributed by atoms with van der Waals surface area (Å²) in [4.78, 5) is 38.2. The summed E-state index contributed by atoms with van der Waals surface area (Å²) in [5, 5.41) is 2.93. The lowest BCUT2D eigenvalue weighted by atomic mass is 9.98. The summed E-state index contributed by atoms with van der Waals surface area (Å²) in [6, 6.07) is 16.6. The predicted molar refractivity (Wildman–Crippen MR) is 115 cm³/mol. The highest BCUT2D eigenvalue weighted by molar-refractivity contribution is 5.84. The van der Waals surface area contributed by atoms with Gasteiger partial charge in [-0.3, -0.25) is 14.4 Å². The average molecular weight is 424 g/mol. The van der Waals surface area contributed by atoms with Crippen LogP contribution in [0.4, 0.5) is 0 Å². The van der Waals surface area contributed by atoms with E-state index in [0.29, 0.717) is 13.0 Å². The molecule has 1 atom stereocenters. The van der Waals surface area contributed by atoms with E-state index in [4.69, 9.17) is 9.47 Å². The highest BCUT2D eigenvalue weighted by Gasteiger charge is 2.21. The maximum Gasteiger partial charge on any atom is 0.326 e. The summed E-state index contributed by atoms with van der Waals surface area (Å²) in [5.74, 6) is -0.312. The number of carbonyl (C=O) groups excluding carboxylic acids is 3. The van der Waals surface area contributed by atoms with E-state index in [1.807, 2.05) is 54.6 Å². The second-order valence-electron chi connectivity index (χ2n) is 7.47. The Kier molecular flexibility index (Phi) is 8.04. The normalized spacial score (nSPS) is 15.0. The SMILES string of the molecule is COc1ccc([C@@H](NC(=O)COC(=O)CN2CCCCCC2=O)c2ccccc2)cc1. The van der Waals surface area contributed by atoms with Crippen LogP contribution in [0.5, 0.6) is 5.75 Å². The quantitative estimate of drug-likeness (QED) is 0.659. The summed E-state index contributed by atoms with van der Waals surface area (Å²) in [6.45, 7) is 0.0285. The number of amides is 2. The molecule has 2 aromatic rings. The van der Waals surface area contributed by atoms with Gasteiger partial charge in [0.25, 0.3) is 5.91 Å².